The van der Waals surface area contributed by atoms with Crippen molar-refractivity contribution in [2.24, 2.45) is 0 Å². The number of benzene rings is 4. The van der Waals surface area contributed by atoms with Gasteiger partial charge in [0.1, 0.15) is 49.3 Å². The summed E-state index contributed by atoms with van der Waals surface area (Å²) < 4.78 is 104. The van der Waals surface area contributed by atoms with Crippen LogP contribution < -0.4 is 9.47 Å². The van der Waals surface area contributed by atoms with Gasteiger partial charge in [-0.15, -0.1) is 0 Å². The minimum Gasteiger partial charge on any atom is -0.489 e. The van der Waals surface area contributed by atoms with Crippen LogP contribution in [-0.4, -0.2) is 10.3 Å². The standard InChI is InChI=1S/C36H26F6N2O5/c37-35(38,39)27-9-1-23(2-10-27)19-46-29-13-5-25(6-14-29)33-17-31(48-43-33)21-45-22-32-18-34(44-49-32)26-7-15-30(16-8-26)47-20-24-3-11-28(12-4-24)36(40,41)42/h1-18H,19-22H2. The third-order valence-corrected chi connectivity index (χ3v) is 7.28. The van der Waals surface area contributed by atoms with E-state index in [1.54, 1.807) is 60.7 Å². The number of nitrogens with zero attached hydrogens (tertiary/aromatic N) is 2. The molecule has 0 amide bonds. The van der Waals surface area contributed by atoms with Crippen LogP contribution in [0.25, 0.3) is 22.5 Å². The molecule has 2 aromatic heterocycles. The van der Waals surface area contributed by atoms with Crippen LogP contribution in [-0.2, 0) is 43.5 Å². The number of rotatable bonds is 12. The fourth-order valence-corrected chi connectivity index (χ4v) is 4.64. The molecule has 0 aliphatic carbocycles. The number of halogens is 6. The predicted octanol–water partition coefficient (Wildman–Crippen LogP) is 9.91. The van der Waals surface area contributed by atoms with E-state index in [4.69, 9.17) is 23.3 Å². The predicted molar refractivity (Wildman–Crippen MR) is 164 cm³/mol. The highest BCUT2D eigenvalue weighted by Crippen LogP contribution is 2.31. The zero-order valence-electron chi connectivity index (χ0n) is 25.4. The summed E-state index contributed by atoms with van der Waals surface area (Å²) in [7, 11) is 0. The Hall–Kier alpha value is -5.56. The highest BCUT2D eigenvalue weighted by atomic mass is 19.4. The number of aromatic nitrogens is 2. The van der Waals surface area contributed by atoms with Gasteiger partial charge < -0.3 is 23.3 Å². The minimum atomic E-state index is -4.38. The summed E-state index contributed by atoms with van der Waals surface area (Å²) in [5, 5.41) is 8.16. The molecule has 0 aliphatic rings. The van der Waals surface area contributed by atoms with E-state index in [0.29, 0.717) is 45.5 Å². The van der Waals surface area contributed by atoms with Crippen molar-refractivity contribution < 1.29 is 49.6 Å². The maximum atomic E-state index is 12.7. The first-order valence-electron chi connectivity index (χ1n) is 14.8. The Balaban J connectivity index is 0.941. The second kappa shape index (κ2) is 14.3. The Labute approximate surface area is 275 Å². The molecule has 0 saturated carbocycles. The second-order valence-electron chi connectivity index (χ2n) is 10.9. The Morgan fingerprint density at radius 3 is 1.18 bits per heavy atom. The number of hydrogen-bond donors (Lipinski definition) is 0. The van der Waals surface area contributed by atoms with Gasteiger partial charge in [0, 0.05) is 23.3 Å². The lowest BCUT2D eigenvalue weighted by atomic mass is 10.1. The molecular weight excluding hydrogens is 654 g/mol. The molecule has 0 fully saturated rings. The summed E-state index contributed by atoms with van der Waals surface area (Å²) in [4.78, 5) is 0. The Kier molecular flexibility index (Phi) is 9.72. The minimum absolute atomic E-state index is 0.119. The van der Waals surface area contributed by atoms with E-state index < -0.39 is 23.5 Å². The molecule has 0 N–H and O–H groups in total. The SMILES string of the molecule is FC(F)(F)c1ccc(COc2ccc(-c3cc(COCc4cc(-c5ccc(OCc6ccc(C(F)(F)F)cc6)cc5)no4)on3)cc2)cc1. The van der Waals surface area contributed by atoms with E-state index in [2.05, 4.69) is 10.3 Å². The van der Waals surface area contributed by atoms with E-state index in [1.807, 2.05) is 0 Å². The summed E-state index contributed by atoms with van der Waals surface area (Å²) in [6.45, 7) is 0.493. The van der Waals surface area contributed by atoms with Crippen molar-refractivity contribution in [2.45, 2.75) is 38.8 Å². The largest absolute Gasteiger partial charge is 0.489 e. The van der Waals surface area contributed by atoms with Gasteiger partial charge in [-0.05, 0) is 83.9 Å². The average Bonchev–Trinajstić information content (AvgIpc) is 3.77. The first-order valence-corrected chi connectivity index (χ1v) is 14.8. The normalized spacial score (nSPS) is 11.9. The van der Waals surface area contributed by atoms with Gasteiger partial charge in [-0.1, -0.05) is 34.6 Å². The second-order valence-corrected chi connectivity index (χ2v) is 10.9. The van der Waals surface area contributed by atoms with Crippen molar-refractivity contribution in [3.8, 4) is 34.0 Å². The topological polar surface area (TPSA) is 79.8 Å². The molecule has 0 radical (unpaired) electrons. The first kappa shape index (κ1) is 33.3. The number of ether oxygens (including phenoxy) is 3. The van der Waals surface area contributed by atoms with Crippen molar-refractivity contribution in [1.29, 1.82) is 0 Å². The van der Waals surface area contributed by atoms with E-state index >= 15 is 0 Å². The van der Waals surface area contributed by atoms with Crippen LogP contribution >= 0.6 is 0 Å². The molecule has 0 atom stereocenters. The van der Waals surface area contributed by atoms with Crippen molar-refractivity contribution in [3.63, 3.8) is 0 Å². The van der Waals surface area contributed by atoms with Gasteiger partial charge in [0.2, 0.25) is 0 Å². The first-order chi connectivity index (χ1) is 23.5. The molecule has 7 nitrogen and oxygen atoms in total. The zero-order valence-corrected chi connectivity index (χ0v) is 25.4. The third kappa shape index (κ3) is 8.87. The average molecular weight is 681 g/mol. The highest BCUT2D eigenvalue weighted by Gasteiger charge is 2.30. The van der Waals surface area contributed by atoms with Crippen molar-refractivity contribution in [2.75, 3.05) is 0 Å². The van der Waals surface area contributed by atoms with E-state index in [0.717, 1.165) is 35.4 Å². The molecule has 2 heterocycles. The summed E-state index contributed by atoms with van der Waals surface area (Å²) in [5.74, 6) is 2.07. The lowest BCUT2D eigenvalue weighted by molar-refractivity contribution is -0.138. The van der Waals surface area contributed by atoms with Crippen molar-refractivity contribution in [1.82, 2.24) is 10.3 Å². The summed E-state index contributed by atoms with van der Waals surface area (Å²) in [6, 6.07) is 27.2. The molecule has 0 unspecified atom stereocenters. The van der Waals surface area contributed by atoms with Crippen LogP contribution in [0.5, 0.6) is 11.5 Å². The number of hydrogen-bond acceptors (Lipinski definition) is 7. The molecular formula is C36H26F6N2O5. The number of alkyl halides is 6. The molecule has 4 aromatic carbocycles. The smallest absolute Gasteiger partial charge is 0.416 e. The van der Waals surface area contributed by atoms with Gasteiger partial charge in [0.25, 0.3) is 0 Å². The molecule has 49 heavy (non-hydrogen) atoms. The van der Waals surface area contributed by atoms with Crippen LogP contribution in [0.3, 0.4) is 0 Å². The maximum Gasteiger partial charge on any atom is 0.416 e. The molecule has 0 spiro atoms. The summed E-state index contributed by atoms with van der Waals surface area (Å²) in [6.07, 6.45) is -8.77. The third-order valence-electron chi connectivity index (χ3n) is 7.28. The van der Waals surface area contributed by atoms with Crippen molar-refractivity contribution in [3.05, 3.63) is 143 Å². The lowest BCUT2D eigenvalue weighted by Crippen LogP contribution is -2.05. The zero-order chi connectivity index (χ0) is 34.4. The van der Waals surface area contributed by atoms with Gasteiger partial charge in [-0.2, -0.15) is 26.3 Å². The van der Waals surface area contributed by atoms with E-state index in [9.17, 15) is 26.3 Å². The molecule has 13 heteroatoms. The van der Waals surface area contributed by atoms with Crippen molar-refractivity contribution >= 4 is 0 Å². The molecule has 0 aliphatic heterocycles. The Morgan fingerprint density at radius 2 is 0.837 bits per heavy atom. The van der Waals surface area contributed by atoms with Gasteiger partial charge in [0.05, 0.1) is 11.1 Å². The van der Waals surface area contributed by atoms with Crippen LogP contribution in [0.15, 0.2) is 118 Å². The summed E-state index contributed by atoms with van der Waals surface area (Å²) >= 11 is 0. The Morgan fingerprint density at radius 1 is 0.469 bits per heavy atom. The summed E-state index contributed by atoms with van der Waals surface area (Å²) in [5.41, 5.74) is 2.51. The van der Waals surface area contributed by atoms with Gasteiger partial charge in [-0.3, -0.25) is 0 Å². The van der Waals surface area contributed by atoms with Crippen LogP contribution in [0, 0.1) is 0 Å². The van der Waals surface area contributed by atoms with E-state index in [1.165, 1.54) is 24.3 Å². The van der Waals surface area contributed by atoms with Gasteiger partial charge >= 0.3 is 12.4 Å². The quantitative estimate of drug-likeness (QED) is 0.119. The van der Waals surface area contributed by atoms with Crippen LogP contribution in [0.1, 0.15) is 33.8 Å². The fourth-order valence-electron chi connectivity index (χ4n) is 4.64. The molecule has 0 saturated heterocycles. The molecule has 6 rings (SSSR count). The monoisotopic (exact) mass is 680 g/mol. The molecule has 0 bridgehead atoms. The van der Waals surface area contributed by atoms with Gasteiger partial charge in [-0.25, -0.2) is 0 Å². The van der Waals surface area contributed by atoms with Crippen LogP contribution in [0.2, 0.25) is 0 Å². The maximum absolute atomic E-state index is 12.7. The molecule has 6 aromatic rings. The molecule has 252 valence electrons. The highest BCUT2D eigenvalue weighted by molar-refractivity contribution is 5.60. The van der Waals surface area contributed by atoms with E-state index in [-0.39, 0.29) is 26.4 Å². The van der Waals surface area contributed by atoms with Crippen LogP contribution in [0.4, 0.5) is 26.3 Å². The Bertz CT molecular complexity index is 1810. The lowest BCUT2D eigenvalue weighted by Gasteiger charge is -2.09. The fraction of sp³-hybridized carbons (Fsp3) is 0.167. The van der Waals surface area contributed by atoms with Gasteiger partial charge in [0.15, 0.2) is 11.5 Å².